The third-order valence-electron chi connectivity index (χ3n) is 2.59. The van der Waals surface area contributed by atoms with Gasteiger partial charge in [-0.15, -0.1) is 0 Å². The van der Waals surface area contributed by atoms with E-state index in [0.717, 1.165) is 0 Å². The molecule has 88 valence electrons. The number of benzene rings is 1. The van der Waals surface area contributed by atoms with Crippen LogP contribution in [-0.4, -0.2) is 9.97 Å². The van der Waals surface area contributed by atoms with Crippen LogP contribution in [0.25, 0.3) is 11.4 Å². The van der Waals surface area contributed by atoms with Gasteiger partial charge in [0.2, 0.25) is 0 Å². The lowest BCUT2D eigenvalue weighted by Gasteiger charge is -2.04. The number of nitrogens with one attached hydrogen (secondary N) is 1. The molecule has 1 N–H and O–H groups in total. The average Bonchev–Trinajstić information content (AvgIpc) is 2.29. The van der Waals surface area contributed by atoms with Gasteiger partial charge in [0.1, 0.15) is 11.6 Å². The van der Waals surface area contributed by atoms with Crippen LogP contribution in [0.4, 0.5) is 4.39 Å². The van der Waals surface area contributed by atoms with Crippen LogP contribution in [0, 0.1) is 19.7 Å². The Balaban J connectivity index is 2.61. The Bertz CT molecular complexity index is 637. The second-order valence-corrected chi connectivity index (χ2v) is 4.16. The average molecular weight is 253 g/mol. The van der Waals surface area contributed by atoms with Gasteiger partial charge in [0, 0.05) is 16.8 Å². The second-order valence-electron chi connectivity index (χ2n) is 3.75. The molecular formula is C12H10ClFN2O. The summed E-state index contributed by atoms with van der Waals surface area (Å²) in [5.74, 6) is -0.196. The molecule has 1 heterocycles. The number of rotatable bonds is 1. The van der Waals surface area contributed by atoms with Gasteiger partial charge in [-0.05, 0) is 32.0 Å². The van der Waals surface area contributed by atoms with Crippen molar-refractivity contribution in [2.45, 2.75) is 13.8 Å². The van der Waals surface area contributed by atoms with E-state index in [4.69, 9.17) is 11.6 Å². The number of hydrogen-bond donors (Lipinski definition) is 1. The number of nitrogens with zero attached hydrogens (tertiary/aromatic N) is 1. The summed E-state index contributed by atoms with van der Waals surface area (Å²) >= 11 is 5.59. The zero-order chi connectivity index (χ0) is 12.6. The predicted molar refractivity (Wildman–Crippen MR) is 64.7 cm³/mol. The number of aromatic amines is 1. The van der Waals surface area contributed by atoms with Crippen LogP contribution in [-0.2, 0) is 0 Å². The van der Waals surface area contributed by atoms with Crippen molar-refractivity contribution in [2.75, 3.05) is 0 Å². The normalized spacial score (nSPS) is 10.6. The van der Waals surface area contributed by atoms with Gasteiger partial charge in [0.15, 0.2) is 0 Å². The van der Waals surface area contributed by atoms with E-state index in [0.29, 0.717) is 22.6 Å². The van der Waals surface area contributed by atoms with Gasteiger partial charge in [0.05, 0.1) is 5.02 Å². The van der Waals surface area contributed by atoms with Gasteiger partial charge >= 0.3 is 0 Å². The topological polar surface area (TPSA) is 45.8 Å². The van der Waals surface area contributed by atoms with Gasteiger partial charge in [0.25, 0.3) is 5.56 Å². The number of halogens is 2. The minimum Gasteiger partial charge on any atom is -0.306 e. The van der Waals surface area contributed by atoms with Crippen LogP contribution in [0.5, 0.6) is 0 Å². The lowest BCUT2D eigenvalue weighted by atomic mass is 10.2. The summed E-state index contributed by atoms with van der Waals surface area (Å²) in [6.45, 7) is 3.42. The number of hydrogen-bond acceptors (Lipinski definition) is 2. The summed E-state index contributed by atoms with van der Waals surface area (Å²) in [6, 6.07) is 4.29. The van der Waals surface area contributed by atoms with Crippen molar-refractivity contribution in [3.05, 3.63) is 50.7 Å². The molecule has 1 aromatic carbocycles. The maximum Gasteiger partial charge on any atom is 0.254 e. The Morgan fingerprint density at radius 2 is 2.06 bits per heavy atom. The Morgan fingerprint density at radius 1 is 1.35 bits per heavy atom. The van der Waals surface area contributed by atoms with Crippen LogP contribution in [0.1, 0.15) is 11.3 Å². The molecule has 17 heavy (non-hydrogen) atoms. The van der Waals surface area contributed by atoms with Gasteiger partial charge in [-0.25, -0.2) is 9.37 Å². The van der Waals surface area contributed by atoms with Crippen molar-refractivity contribution in [1.29, 1.82) is 0 Å². The minimum absolute atomic E-state index is 0.0416. The Labute approximate surface area is 102 Å². The summed E-state index contributed by atoms with van der Waals surface area (Å²) in [5, 5.41) is 0.0416. The molecule has 3 nitrogen and oxygen atoms in total. The van der Waals surface area contributed by atoms with E-state index < -0.39 is 5.82 Å². The minimum atomic E-state index is -0.537. The molecule has 2 rings (SSSR count). The van der Waals surface area contributed by atoms with Gasteiger partial charge in [-0.2, -0.15) is 0 Å². The van der Waals surface area contributed by atoms with Crippen LogP contribution in [0.3, 0.4) is 0 Å². The molecule has 0 saturated carbocycles. The molecule has 0 saturated heterocycles. The SMILES string of the molecule is Cc1nc(-c2ccc(Cl)c(F)c2)[nH]c(=O)c1C. The van der Waals surface area contributed by atoms with E-state index in [1.807, 2.05) is 0 Å². The second kappa shape index (κ2) is 4.30. The van der Waals surface area contributed by atoms with Crippen molar-refractivity contribution in [1.82, 2.24) is 9.97 Å². The maximum atomic E-state index is 13.3. The molecule has 5 heteroatoms. The largest absolute Gasteiger partial charge is 0.306 e. The zero-order valence-corrected chi connectivity index (χ0v) is 10.1. The third kappa shape index (κ3) is 2.22. The van der Waals surface area contributed by atoms with Crippen molar-refractivity contribution in [3.63, 3.8) is 0 Å². The number of aryl methyl sites for hydroxylation is 1. The molecule has 2 aromatic rings. The molecule has 0 bridgehead atoms. The van der Waals surface area contributed by atoms with Crippen LogP contribution in [0.15, 0.2) is 23.0 Å². The van der Waals surface area contributed by atoms with Gasteiger partial charge in [-0.1, -0.05) is 11.6 Å². The molecule has 0 aliphatic carbocycles. The molecule has 0 radical (unpaired) electrons. The Morgan fingerprint density at radius 3 is 2.65 bits per heavy atom. The van der Waals surface area contributed by atoms with Crippen LogP contribution < -0.4 is 5.56 Å². The first kappa shape index (κ1) is 11.8. The zero-order valence-electron chi connectivity index (χ0n) is 9.34. The Hall–Kier alpha value is -1.68. The van der Waals surface area contributed by atoms with Crippen molar-refractivity contribution >= 4 is 11.6 Å². The fourth-order valence-electron chi connectivity index (χ4n) is 1.43. The first-order valence-corrected chi connectivity index (χ1v) is 5.40. The maximum absolute atomic E-state index is 13.3. The highest BCUT2D eigenvalue weighted by Gasteiger charge is 2.08. The van der Waals surface area contributed by atoms with E-state index in [9.17, 15) is 9.18 Å². The Kier molecular flexibility index (Phi) is 2.98. The summed E-state index contributed by atoms with van der Waals surface area (Å²) < 4.78 is 13.3. The fourth-order valence-corrected chi connectivity index (χ4v) is 1.54. The third-order valence-corrected chi connectivity index (χ3v) is 2.89. The molecular weight excluding hydrogens is 243 g/mol. The highest BCUT2D eigenvalue weighted by molar-refractivity contribution is 6.30. The van der Waals surface area contributed by atoms with E-state index >= 15 is 0 Å². The van der Waals surface area contributed by atoms with E-state index in [1.54, 1.807) is 19.9 Å². The monoisotopic (exact) mass is 252 g/mol. The highest BCUT2D eigenvalue weighted by Crippen LogP contribution is 2.21. The fraction of sp³-hybridized carbons (Fsp3) is 0.167. The molecule has 0 amide bonds. The van der Waals surface area contributed by atoms with Gasteiger partial charge in [-0.3, -0.25) is 4.79 Å². The first-order chi connectivity index (χ1) is 7.99. The summed E-state index contributed by atoms with van der Waals surface area (Å²) in [5.41, 5.74) is 1.46. The quantitative estimate of drug-likeness (QED) is 0.848. The van der Waals surface area contributed by atoms with Crippen molar-refractivity contribution in [2.24, 2.45) is 0 Å². The standard InChI is InChI=1S/C12H10ClFN2O/c1-6-7(2)15-11(16-12(6)17)8-3-4-9(13)10(14)5-8/h3-5H,1-2H3,(H,15,16,17). The van der Waals surface area contributed by atoms with Gasteiger partial charge < -0.3 is 4.98 Å². The van der Waals surface area contributed by atoms with E-state index in [-0.39, 0.29) is 10.6 Å². The van der Waals surface area contributed by atoms with E-state index in [2.05, 4.69) is 9.97 Å². The van der Waals surface area contributed by atoms with E-state index in [1.165, 1.54) is 12.1 Å². The smallest absolute Gasteiger partial charge is 0.254 e. The predicted octanol–water partition coefficient (Wildman–Crippen LogP) is 2.85. The summed E-state index contributed by atoms with van der Waals surface area (Å²) in [6.07, 6.45) is 0. The summed E-state index contributed by atoms with van der Waals surface area (Å²) in [7, 11) is 0. The summed E-state index contributed by atoms with van der Waals surface area (Å²) in [4.78, 5) is 18.4. The number of H-pyrrole nitrogens is 1. The molecule has 0 atom stereocenters. The molecule has 1 aromatic heterocycles. The molecule has 0 aliphatic heterocycles. The van der Waals surface area contributed by atoms with Crippen molar-refractivity contribution in [3.8, 4) is 11.4 Å². The highest BCUT2D eigenvalue weighted by atomic mass is 35.5. The van der Waals surface area contributed by atoms with Crippen LogP contribution >= 0.6 is 11.6 Å². The molecule has 0 fully saturated rings. The first-order valence-electron chi connectivity index (χ1n) is 5.02. The molecule has 0 unspecified atom stereocenters. The van der Waals surface area contributed by atoms with Crippen LogP contribution in [0.2, 0.25) is 5.02 Å². The lowest BCUT2D eigenvalue weighted by molar-refractivity contribution is 0.628. The number of aromatic nitrogens is 2. The molecule has 0 spiro atoms. The lowest BCUT2D eigenvalue weighted by Crippen LogP contribution is -2.14. The van der Waals surface area contributed by atoms with Crippen molar-refractivity contribution < 1.29 is 4.39 Å². The molecule has 0 aliphatic rings.